The minimum atomic E-state index is -5.35. The molecule has 1 saturated heterocycles. The van der Waals surface area contributed by atoms with E-state index >= 15 is 0 Å². The van der Waals surface area contributed by atoms with Crippen LogP contribution in [0.5, 0.6) is 0 Å². The third kappa shape index (κ3) is 4.24. The average Bonchev–Trinajstić information content (AvgIpc) is 3.63. The Hall–Kier alpha value is -4.37. The number of hydrazine groups is 1. The summed E-state index contributed by atoms with van der Waals surface area (Å²) in [7, 11) is 0. The maximum absolute atomic E-state index is 13.5. The molecular weight excluding hydrogens is 509 g/mol. The van der Waals surface area contributed by atoms with Crippen LogP contribution in [-0.2, 0) is 9.63 Å². The van der Waals surface area contributed by atoms with Gasteiger partial charge in [0.2, 0.25) is 17.2 Å². The van der Waals surface area contributed by atoms with Gasteiger partial charge in [0.1, 0.15) is 17.8 Å². The summed E-state index contributed by atoms with van der Waals surface area (Å²) in [5.74, 6) is -3.78. The third-order valence-corrected chi connectivity index (χ3v) is 6.25. The number of alkyl halides is 3. The number of hydrogen-bond donors (Lipinski definition) is 2. The fourth-order valence-corrected chi connectivity index (χ4v) is 4.49. The van der Waals surface area contributed by atoms with E-state index in [4.69, 9.17) is 10.6 Å². The van der Waals surface area contributed by atoms with E-state index in [1.165, 1.54) is 13.1 Å². The van der Waals surface area contributed by atoms with Crippen LogP contribution in [0, 0.1) is 0 Å². The number of benzene rings is 1. The number of aromatic nitrogens is 3. The summed E-state index contributed by atoms with van der Waals surface area (Å²) in [5, 5.41) is 8.88. The molecule has 1 unspecified atom stereocenters. The van der Waals surface area contributed by atoms with Crippen molar-refractivity contribution in [2.45, 2.75) is 25.9 Å². The number of nitrogens with two attached hydrogens (primary N) is 1. The molecule has 0 radical (unpaired) electrons. The van der Waals surface area contributed by atoms with Crippen molar-refractivity contribution < 1.29 is 32.2 Å². The molecular formula is C23H22F3N8O4+. The van der Waals surface area contributed by atoms with E-state index in [1.807, 2.05) is 0 Å². The second kappa shape index (κ2) is 9.50. The second-order valence-corrected chi connectivity index (χ2v) is 8.58. The van der Waals surface area contributed by atoms with Gasteiger partial charge in [0.05, 0.1) is 0 Å². The second-order valence-electron chi connectivity index (χ2n) is 8.58. The first-order valence-electron chi connectivity index (χ1n) is 11.7. The molecule has 2 aliphatic rings. The number of amidine groups is 1. The largest absolute Gasteiger partial charge is 0.497 e. The van der Waals surface area contributed by atoms with Crippen molar-refractivity contribution in [3.63, 3.8) is 0 Å². The SMILES string of the molecule is CC[N+]1(OC(=O)C(F)(F)F)C(c2nonc2N)=Nc2c(-c3ccccc3)ncc(C(=O)NN3CCCC3)c21. The number of nitrogen functional groups attached to an aromatic ring is 1. The highest BCUT2D eigenvalue weighted by Gasteiger charge is 2.58. The van der Waals surface area contributed by atoms with Crippen LogP contribution in [0.25, 0.3) is 11.3 Å². The van der Waals surface area contributed by atoms with Crippen molar-refractivity contribution in [3.05, 3.63) is 47.8 Å². The molecule has 38 heavy (non-hydrogen) atoms. The highest BCUT2D eigenvalue weighted by Crippen LogP contribution is 2.50. The number of fused-ring (bicyclic) bond motifs is 1. The number of carbonyl (C=O) groups excluding carboxylic acids is 2. The fourth-order valence-electron chi connectivity index (χ4n) is 4.49. The number of hydroxylamine groups is 2. The van der Waals surface area contributed by atoms with Crippen LogP contribution in [0.3, 0.4) is 0 Å². The molecule has 198 valence electrons. The Kier molecular flexibility index (Phi) is 6.32. The Morgan fingerprint density at radius 3 is 2.47 bits per heavy atom. The zero-order valence-electron chi connectivity index (χ0n) is 20.0. The van der Waals surface area contributed by atoms with Gasteiger partial charge in [-0.05, 0) is 34.7 Å². The van der Waals surface area contributed by atoms with E-state index in [0.29, 0.717) is 18.7 Å². The Morgan fingerprint density at radius 1 is 1.16 bits per heavy atom. The van der Waals surface area contributed by atoms with Gasteiger partial charge in [0.15, 0.2) is 5.69 Å². The average molecular weight is 531 g/mol. The van der Waals surface area contributed by atoms with E-state index in [-0.39, 0.29) is 46.5 Å². The molecule has 0 bridgehead atoms. The molecule has 5 rings (SSSR count). The molecule has 1 fully saturated rings. The van der Waals surface area contributed by atoms with E-state index in [9.17, 15) is 22.8 Å². The van der Waals surface area contributed by atoms with Crippen LogP contribution in [0.15, 0.2) is 46.2 Å². The van der Waals surface area contributed by atoms with Gasteiger partial charge in [0, 0.05) is 24.8 Å². The number of nitrogens with zero attached hydrogens (tertiary/aromatic N) is 6. The number of halogens is 3. The Labute approximate surface area is 213 Å². The van der Waals surface area contributed by atoms with E-state index in [1.54, 1.807) is 35.3 Å². The first-order valence-corrected chi connectivity index (χ1v) is 11.7. The molecule has 12 nitrogen and oxygen atoms in total. The summed E-state index contributed by atoms with van der Waals surface area (Å²) >= 11 is 0. The first-order chi connectivity index (χ1) is 18.2. The van der Waals surface area contributed by atoms with Crippen molar-refractivity contribution in [1.29, 1.82) is 0 Å². The predicted octanol–water partition coefficient (Wildman–Crippen LogP) is 2.89. The van der Waals surface area contributed by atoms with Crippen molar-refractivity contribution in [3.8, 4) is 11.3 Å². The van der Waals surface area contributed by atoms with Crippen LogP contribution >= 0.6 is 0 Å². The Bertz CT molecular complexity index is 1420. The molecule has 1 aromatic carbocycles. The number of nitrogens with one attached hydrogen (secondary N) is 1. The van der Waals surface area contributed by atoms with Gasteiger partial charge in [0.25, 0.3) is 5.91 Å². The summed E-state index contributed by atoms with van der Waals surface area (Å²) in [6, 6.07) is 8.68. The van der Waals surface area contributed by atoms with Gasteiger partial charge in [-0.3, -0.25) is 20.0 Å². The number of pyridine rings is 1. The van der Waals surface area contributed by atoms with Crippen LogP contribution in [0.1, 0.15) is 35.8 Å². The van der Waals surface area contributed by atoms with Gasteiger partial charge < -0.3 is 5.73 Å². The molecule has 0 spiro atoms. The first kappa shape index (κ1) is 25.3. The lowest BCUT2D eigenvalue weighted by atomic mass is 10.1. The molecule has 2 aromatic heterocycles. The molecule has 15 heteroatoms. The molecule has 3 N–H and O–H groups in total. The van der Waals surface area contributed by atoms with E-state index in [2.05, 4.69) is 30.3 Å². The van der Waals surface area contributed by atoms with Crippen molar-refractivity contribution in [2.75, 3.05) is 25.4 Å². The predicted molar refractivity (Wildman–Crippen MR) is 127 cm³/mol. The lowest BCUT2D eigenvalue weighted by Gasteiger charge is -2.30. The van der Waals surface area contributed by atoms with Gasteiger partial charge in [-0.1, -0.05) is 30.3 Å². The summed E-state index contributed by atoms with van der Waals surface area (Å²) in [5.41, 5.74) is 8.92. The summed E-state index contributed by atoms with van der Waals surface area (Å²) in [4.78, 5) is 39.8. The minimum absolute atomic E-state index is 0.0134. The monoisotopic (exact) mass is 531 g/mol. The maximum atomic E-state index is 13.5. The molecule has 0 saturated carbocycles. The smallest absolute Gasteiger partial charge is 0.379 e. The zero-order chi connectivity index (χ0) is 27.1. The van der Waals surface area contributed by atoms with E-state index in [0.717, 1.165) is 12.8 Å². The van der Waals surface area contributed by atoms with Crippen LogP contribution in [-0.4, -0.2) is 63.8 Å². The number of carbonyl (C=O) groups is 2. The fraction of sp³-hybridized carbons (Fsp3) is 0.304. The standard InChI is InChI=1S/C23H21F3N8O4/c1-2-34(37-22(36)23(24,25)26)18-14(21(35)30-33-10-6-7-11-33)12-28-15(13-8-4-3-5-9-13)16(18)29-20(34)17-19(27)32-38-31-17/h3-5,8-9,12H,2,6-7,10-11H2,1H3,(H2-,27,30,32,35)/p+1. The van der Waals surface area contributed by atoms with Gasteiger partial charge in [-0.25, -0.2) is 14.4 Å². The van der Waals surface area contributed by atoms with Crippen LogP contribution in [0.4, 0.5) is 30.4 Å². The number of quaternary nitrogens is 1. The van der Waals surface area contributed by atoms with Gasteiger partial charge in [-0.15, -0.1) is 0 Å². The molecule has 0 aliphatic carbocycles. The van der Waals surface area contributed by atoms with Gasteiger partial charge >= 0.3 is 18.0 Å². The lowest BCUT2D eigenvalue weighted by Crippen LogP contribution is -2.56. The maximum Gasteiger partial charge on any atom is 0.497 e. The molecule has 3 aromatic rings. The van der Waals surface area contributed by atoms with Crippen LogP contribution in [0.2, 0.25) is 0 Å². The third-order valence-electron chi connectivity index (χ3n) is 6.25. The highest BCUT2D eigenvalue weighted by atomic mass is 19.4. The lowest BCUT2D eigenvalue weighted by molar-refractivity contribution is -0.222. The number of hydrogen-bond acceptors (Lipinski definition) is 10. The Balaban J connectivity index is 1.77. The summed E-state index contributed by atoms with van der Waals surface area (Å²) < 4.78 is 43.9. The van der Waals surface area contributed by atoms with Crippen molar-refractivity contribution in [2.24, 2.45) is 4.99 Å². The minimum Gasteiger partial charge on any atom is -0.379 e. The molecule has 4 heterocycles. The normalized spacial score (nSPS) is 19.2. The number of aliphatic imine (C=N–C) groups is 1. The quantitative estimate of drug-likeness (QED) is 0.458. The van der Waals surface area contributed by atoms with E-state index < -0.39 is 22.7 Å². The highest BCUT2D eigenvalue weighted by molar-refractivity contribution is 6.18. The van der Waals surface area contributed by atoms with Crippen LogP contribution < -0.4 is 15.8 Å². The molecule has 2 aliphatic heterocycles. The summed E-state index contributed by atoms with van der Waals surface area (Å²) in [6.07, 6.45) is -2.39. The summed E-state index contributed by atoms with van der Waals surface area (Å²) in [6.45, 7) is 2.34. The molecule has 1 atom stereocenters. The van der Waals surface area contributed by atoms with Crippen molar-refractivity contribution >= 4 is 34.9 Å². The number of amides is 1. The zero-order valence-corrected chi connectivity index (χ0v) is 20.0. The number of rotatable bonds is 6. The van der Waals surface area contributed by atoms with Crippen molar-refractivity contribution in [1.82, 2.24) is 30.4 Å². The number of anilines is 1. The molecule has 1 amide bonds. The van der Waals surface area contributed by atoms with Gasteiger partial charge in [-0.2, -0.15) is 18.2 Å². The topological polar surface area (TPSA) is 149 Å². The Morgan fingerprint density at radius 2 is 1.87 bits per heavy atom.